The molecule has 0 fully saturated rings. The molecule has 4 aromatic rings. The smallest absolute Gasteiger partial charge is 0.343 e. The quantitative estimate of drug-likeness (QED) is 0.0355. The Labute approximate surface area is 326 Å². The van der Waals surface area contributed by atoms with E-state index in [0.29, 0.717) is 38.1 Å². The third-order valence-corrected chi connectivity index (χ3v) is 6.24. The van der Waals surface area contributed by atoms with Crippen LogP contribution in [0.25, 0.3) is 0 Å². The number of carbonyl (C=O) groups excluding carboxylic acids is 4. The fourth-order valence-corrected chi connectivity index (χ4v) is 3.54. The summed E-state index contributed by atoms with van der Waals surface area (Å²) in [6, 6.07) is 18.6. The maximum absolute atomic E-state index is 13.0. The number of carbonyl (C=O) groups is 4. The molecule has 0 radical (unpaired) electrons. The van der Waals surface area contributed by atoms with Gasteiger partial charge in [0.05, 0.1) is 22.3 Å². The third kappa shape index (κ3) is 21.8. The minimum Gasteiger partial charge on any atom is -0.435 e. The Hall–Kier alpha value is -5.75. The van der Waals surface area contributed by atoms with E-state index in [0.717, 1.165) is 18.2 Å². The van der Waals surface area contributed by atoms with Crippen LogP contribution in [0.4, 0.5) is 22.0 Å². The monoisotopic (exact) mass is 810 g/mol. The van der Waals surface area contributed by atoms with Crippen LogP contribution >= 0.6 is 0 Å². The van der Waals surface area contributed by atoms with Gasteiger partial charge < -0.3 is 37.9 Å². The molecule has 0 amide bonds. The van der Waals surface area contributed by atoms with Crippen LogP contribution < -0.4 is 0 Å². The molecule has 12 nitrogen and oxygen atoms in total. The van der Waals surface area contributed by atoms with Crippen LogP contribution in [0.1, 0.15) is 69.1 Å². The zero-order chi connectivity index (χ0) is 42.4. The normalized spacial score (nSPS) is 9.91. The van der Waals surface area contributed by atoms with Crippen molar-refractivity contribution in [1.29, 1.82) is 0 Å². The van der Waals surface area contributed by atoms with Crippen LogP contribution in [0.5, 0.6) is 0 Å². The average Bonchev–Trinajstić information content (AvgIpc) is 3.19. The number of esters is 4. The van der Waals surface area contributed by atoms with E-state index in [2.05, 4.69) is 9.47 Å². The van der Waals surface area contributed by atoms with Gasteiger partial charge in [-0.05, 0) is 94.4 Å². The summed E-state index contributed by atoms with van der Waals surface area (Å²) in [6.07, 6.45) is 0. The van der Waals surface area contributed by atoms with E-state index in [1.807, 2.05) is 0 Å². The van der Waals surface area contributed by atoms with Crippen LogP contribution in [0, 0.1) is 29.1 Å². The molecular weight excluding hydrogens is 767 g/mol. The first kappa shape index (κ1) is 49.3. The maximum Gasteiger partial charge on any atom is 0.343 e. The number of benzene rings is 4. The molecule has 310 valence electrons. The lowest BCUT2D eigenvalue weighted by Gasteiger charge is -2.04. The molecule has 4 rings (SSSR count). The predicted octanol–water partition coefficient (Wildman–Crippen LogP) is 8.05. The van der Waals surface area contributed by atoms with Crippen LogP contribution in [0.2, 0.25) is 0 Å². The van der Waals surface area contributed by atoms with E-state index < -0.39 is 47.1 Å². The lowest BCUT2D eigenvalue weighted by atomic mass is 10.2. The van der Waals surface area contributed by atoms with Crippen LogP contribution in [-0.4, -0.2) is 77.5 Å². The van der Waals surface area contributed by atoms with Crippen molar-refractivity contribution < 1.29 is 79.0 Å². The van der Waals surface area contributed by atoms with Crippen molar-refractivity contribution in [1.82, 2.24) is 0 Å². The topological polar surface area (TPSA) is 142 Å². The van der Waals surface area contributed by atoms with Gasteiger partial charge in [-0.15, -0.1) is 0 Å². The molecule has 0 bridgehead atoms. The summed E-state index contributed by atoms with van der Waals surface area (Å²) in [5.74, 6) is -5.71. The lowest BCUT2D eigenvalue weighted by molar-refractivity contribution is -0.0284. The van der Waals surface area contributed by atoms with Gasteiger partial charge in [0.25, 0.3) is 0 Å². The van der Waals surface area contributed by atoms with Gasteiger partial charge in [0.15, 0.2) is 27.2 Å². The maximum atomic E-state index is 13.0. The molecule has 0 N–H and O–H groups in total. The van der Waals surface area contributed by atoms with Gasteiger partial charge in [-0.1, -0.05) is 18.2 Å². The zero-order valence-corrected chi connectivity index (χ0v) is 31.6. The number of hydrogen-bond donors (Lipinski definition) is 0. The second-order valence-electron chi connectivity index (χ2n) is 10.3. The van der Waals surface area contributed by atoms with Gasteiger partial charge >= 0.3 is 23.9 Å². The first-order valence-corrected chi connectivity index (χ1v) is 17.1. The highest BCUT2D eigenvalue weighted by molar-refractivity contribution is 5.90. The Morgan fingerprint density at radius 3 is 1.28 bits per heavy atom. The van der Waals surface area contributed by atoms with Crippen LogP contribution in [0.15, 0.2) is 91.0 Å². The molecule has 17 heteroatoms. The molecule has 0 saturated heterocycles. The van der Waals surface area contributed by atoms with E-state index in [-0.39, 0.29) is 49.7 Å². The van der Waals surface area contributed by atoms with Gasteiger partial charge in [0.2, 0.25) is 0 Å². The molecule has 0 heterocycles. The standard InChI is InChI=1S/C10H10F2O3.3C10H11FO3/c1-2-14-6-15-10(13)7-3-8(11)5-9(12)4-7;1-2-13-7-14-10(12)8-3-5-9(11)6-4-8;1-2-13-7-14-10(12)8-4-3-5-9(11)6-8;1-2-13-7-14-10(12)8-5-3-4-6-9(8)11/h3-5H,2,6H2,1H3;3*3-6H,2,7H2,1H3. The number of hydrogen-bond acceptors (Lipinski definition) is 12. The summed E-state index contributed by atoms with van der Waals surface area (Å²) in [5, 5.41) is 0. The molecule has 0 unspecified atom stereocenters. The summed E-state index contributed by atoms with van der Waals surface area (Å²) >= 11 is 0. The first-order chi connectivity index (χ1) is 27.4. The predicted molar refractivity (Wildman–Crippen MR) is 193 cm³/mol. The Kier molecular flexibility index (Phi) is 25.5. The first-order valence-electron chi connectivity index (χ1n) is 17.1. The number of halogens is 5. The van der Waals surface area contributed by atoms with Gasteiger partial charge in [-0.3, -0.25) is 0 Å². The Balaban J connectivity index is 0.000000380. The largest absolute Gasteiger partial charge is 0.435 e. The minimum atomic E-state index is -0.821. The summed E-state index contributed by atoms with van der Waals surface area (Å²) in [7, 11) is 0. The van der Waals surface area contributed by atoms with E-state index in [4.69, 9.17) is 28.4 Å². The van der Waals surface area contributed by atoms with E-state index >= 15 is 0 Å². The van der Waals surface area contributed by atoms with E-state index in [9.17, 15) is 41.1 Å². The highest BCUT2D eigenvalue weighted by atomic mass is 19.1. The molecule has 0 aliphatic rings. The van der Waals surface area contributed by atoms with E-state index in [1.165, 1.54) is 60.7 Å². The van der Waals surface area contributed by atoms with Gasteiger partial charge in [-0.25, -0.2) is 41.1 Å². The Bertz CT molecular complexity index is 1770. The number of ether oxygens (including phenoxy) is 8. The van der Waals surface area contributed by atoms with Crippen molar-refractivity contribution in [3.05, 3.63) is 142 Å². The molecule has 0 saturated carbocycles. The van der Waals surface area contributed by atoms with Crippen molar-refractivity contribution >= 4 is 23.9 Å². The Morgan fingerprint density at radius 2 is 0.825 bits per heavy atom. The summed E-state index contributed by atoms with van der Waals surface area (Å²) in [5.41, 5.74) is 0.246. The molecular formula is C40H43F5O12. The van der Waals surface area contributed by atoms with Crippen molar-refractivity contribution in [3.63, 3.8) is 0 Å². The molecule has 0 aliphatic heterocycles. The summed E-state index contributed by atoms with van der Waals surface area (Å²) < 4.78 is 101. The highest BCUT2D eigenvalue weighted by Gasteiger charge is 2.12. The molecule has 0 atom stereocenters. The fourth-order valence-electron chi connectivity index (χ4n) is 3.54. The Morgan fingerprint density at radius 1 is 0.404 bits per heavy atom. The number of rotatable bonds is 16. The molecule has 57 heavy (non-hydrogen) atoms. The summed E-state index contributed by atoms with van der Waals surface area (Å²) in [6.45, 7) is 8.33. The highest BCUT2D eigenvalue weighted by Crippen LogP contribution is 2.10. The summed E-state index contributed by atoms with van der Waals surface area (Å²) in [4.78, 5) is 44.8. The second kappa shape index (κ2) is 29.5. The minimum absolute atomic E-state index is 0.0767. The van der Waals surface area contributed by atoms with E-state index in [1.54, 1.807) is 33.8 Å². The molecule has 0 aliphatic carbocycles. The van der Waals surface area contributed by atoms with Crippen LogP contribution in [0.3, 0.4) is 0 Å². The lowest BCUT2D eigenvalue weighted by Crippen LogP contribution is -2.10. The van der Waals surface area contributed by atoms with Gasteiger partial charge in [0.1, 0.15) is 29.1 Å². The molecule has 0 spiro atoms. The van der Waals surface area contributed by atoms with Gasteiger partial charge in [-0.2, -0.15) is 0 Å². The molecule has 0 aromatic heterocycles. The van der Waals surface area contributed by atoms with Crippen molar-refractivity contribution in [2.75, 3.05) is 53.6 Å². The molecule has 4 aromatic carbocycles. The van der Waals surface area contributed by atoms with Crippen molar-refractivity contribution in [2.24, 2.45) is 0 Å². The fraction of sp³-hybridized carbons (Fsp3) is 0.300. The van der Waals surface area contributed by atoms with Crippen LogP contribution in [-0.2, 0) is 37.9 Å². The SMILES string of the molecule is CCOCOC(=O)c1cc(F)cc(F)c1.CCOCOC(=O)c1ccc(F)cc1.CCOCOC(=O)c1cccc(F)c1.CCOCOC(=O)c1ccccc1F. The van der Waals surface area contributed by atoms with Crippen molar-refractivity contribution in [3.8, 4) is 0 Å². The third-order valence-electron chi connectivity index (χ3n) is 6.24. The second-order valence-corrected chi connectivity index (χ2v) is 10.3. The van der Waals surface area contributed by atoms with Crippen molar-refractivity contribution in [2.45, 2.75) is 27.7 Å². The average molecular weight is 811 g/mol. The zero-order valence-electron chi connectivity index (χ0n) is 31.6. The van der Waals surface area contributed by atoms with Gasteiger partial charge in [0, 0.05) is 32.5 Å².